The molecule has 0 N–H and O–H groups in total. The average Bonchev–Trinajstić information content (AvgIpc) is 3.40. The first-order valence-corrected chi connectivity index (χ1v) is 14.1. The largest absolute Gasteiger partial charge is 0.497 e. The highest BCUT2D eigenvalue weighted by molar-refractivity contribution is 6.06. The van der Waals surface area contributed by atoms with Crippen molar-refractivity contribution in [2.45, 2.75) is 19.0 Å². The van der Waals surface area contributed by atoms with Crippen LogP contribution in [0.15, 0.2) is 72.9 Å². The molecule has 3 aromatic carbocycles. The molecule has 8 nitrogen and oxygen atoms in total. The van der Waals surface area contributed by atoms with Crippen molar-refractivity contribution < 1.29 is 19.1 Å². The van der Waals surface area contributed by atoms with Gasteiger partial charge >= 0.3 is 5.97 Å². The lowest BCUT2D eigenvalue weighted by atomic mass is 9.92. The number of hydrogen-bond donors (Lipinski definition) is 0. The highest BCUT2D eigenvalue weighted by Crippen LogP contribution is 2.32. The van der Waals surface area contributed by atoms with Gasteiger partial charge in [0.2, 0.25) is 0 Å². The van der Waals surface area contributed by atoms with E-state index in [4.69, 9.17) is 9.47 Å². The summed E-state index contributed by atoms with van der Waals surface area (Å²) in [5.74, 6) is 0.177. The predicted octanol–water partition coefficient (Wildman–Crippen LogP) is 4.24. The minimum Gasteiger partial charge on any atom is -0.497 e. The van der Waals surface area contributed by atoms with Gasteiger partial charge in [-0.3, -0.25) is 9.69 Å². The van der Waals surface area contributed by atoms with E-state index in [0.717, 1.165) is 50.0 Å². The van der Waals surface area contributed by atoms with Gasteiger partial charge in [0.15, 0.2) is 0 Å². The minimum atomic E-state index is -0.421. The SMILES string of the molecule is COC(=O)c1cn(-c2cc(OC)ccc2C(=O)N2Cc3ccccc3C[C@H]2CN2CCN(C)CC2)c2ccccc12. The molecule has 2 aliphatic heterocycles. The van der Waals surface area contributed by atoms with Crippen molar-refractivity contribution >= 4 is 22.8 Å². The van der Waals surface area contributed by atoms with Gasteiger partial charge in [0.25, 0.3) is 5.91 Å². The second kappa shape index (κ2) is 11.4. The third-order valence-electron chi connectivity index (χ3n) is 8.49. The van der Waals surface area contributed by atoms with Gasteiger partial charge < -0.3 is 23.8 Å². The molecule has 41 heavy (non-hydrogen) atoms. The van der Waals surface area contributed by atoms with Crippen molar-refractivity contribution in [2.24, 2.45) is 0 Å². The number of carbonyl (C=O) groups excluding carboxylic acids is 2. The van der Waals surface area contributed by atoms with Gasteiger partial charge in [0.1, 0.15) is 5.75 Å². The number of methoxy groups -OCH3 is 2. The Labute approximate surface area is 240 Å². The number of esters is 1. The van der Waals surface area contributed by atoms with Crippen LogP contribution in [0.4, 0.5) is 0 Å². The van der Waals surface area contributed by atoms with Crippen LogP contribution in [-0.2, 0) is 17.7 Å². The number of hydrogen-bond acceptors (Lipinski definition) is 6. The van der Waals surface area contributed by atoms with Crippen molar-refractivity contribution in [3.63, 3.8) is 0 Å². The van der Waals surface area contributed by atoms with Crippen molar-refractivity contribution in [3.05, 3.63) is 95.2 Å². The number of aromatic nitrogens is 1. The average molecular weight is 553 g/mol. The Hall–Kier alpha value is -4.14. The maximum atomic E-state index is 14.6. The van der Waals surface area contributed by atoms with E-state index in [1.54, 1.807) is 13.3 Å². The zero-order valence-corrected chi connectivity index (χ0v) is 23.9. The normalized spacial score (nSPS) is 17.8. The summed E-state index contributed by atoms with van der Waals surface area (Å²) in [5, 5.41) is 0.764. The van der Waals surface area contributed by atoms with Crippen molar-refractivity contribution in [1.82, 2.24) is 19.3 Å². The summed E-state index contributed by atoms with van der Waals surface area (Å²) in [6.07, 6.45) is 2.58. The lowest BCUT2D eigenvalue weighted by Crippen LogP contribution is -2.53. The molecule has 6 rings (SSSR count). The summed E-state index contributed by atoms with van der Waals surface area (Å²) in [6.45, 7) is 5.44. The molecule has 1 fully saturated rings. The van der Waals surface area contributed by atoms with E-state index in [1.807, 2.05) is 58.0 Å². The van der Waals surface area contributed by atoms with E-state index in [-0.39, 0.29) is 11.9 Å². The topological polar surface area (TPSA) is 67.2 Å². The van der Waals surface area contributed by atoms with Crippen LogP contribution < -0.4 is 4.74 Å². The van der Waals surface area contributed by atoms with Crippen LogP contribution in [-0.4, -0.2) is 91.2 Å². The Bertz CT molecular complexity index is 1590. The standard InChI is InChI=1S/C33H36N4O4/c1-34-14-16-35(17-15-34)21-25-18-23-8-4-5-9-24(23)20-36(25)32(38)28-13-12-26(40-2)19-31(28)37-22-29(33(39)41-3)27-10-6-7-11-30(27)37/h4-13,19,22,25H,14-18,20-21H2,1-3H3/t25-/m0/s1. The molecule has 1 saturated heterocycles. The minimum absolute atomic E-state index is 0.0336. The maximum absolute atomic E-state index is 14.6. The molecule has 4 aromatic rings. The van der Waals surface area contributed by atoms with E-state index in [1.165, 1.54) is 18.2 Å². The summed E-state index contributed by atoms with van der Waals surface area (Å²) in [7, 11) is 5.15. The van der Waals surface area contributed by atoms with Crippen LogP contribution >= 0.6 is 0 Å². The second-order valence-corrected chi connectivity index (χ2v) is 11.0. The van der Waals surface area contributed by atoms with Crippen LogP contribution in [0.1, 0.15) is 31.8 Å². The molecule has 0 bridgehead atoms. The van der Waals surface area contributed by atoms with Gasteiger partial charge in [-0.15, -0.1) is 0 Å². The van der Waals surface area contributed by atoms with Crippen LogP contribution in [0.25, 0.3) is 16.6 Å². The molecule has 2 aliphatic rings. The smallest absolute Gasteiger partial charge is 0.340 e. The number of likely N-dealkylation sites (N-methyl/N-ethyl adjacent to an activating group) is 1. The van der Waals surface area contributed by atoms with Gasteiger partial charge in [0.05, 0.1) is 36.6 Å². The van der Waals surface area contributed by atoms with Gasteiger partial charge in [-0.05, 0) is 42.8 Å². The molecule has 1 atom stereocenters. The van der Waals surface area contributed by atoms with Crippen molar-refractivity contribution in [2.75, 3.05) is 54.0 Å². The second-order valence-electron chi connectivity index (χ2n) is 11.0. The summed E-state index contributed by atoms with van der Waals surface area (Å²) in [4.78, 5) is 34.2. The zero-order chi connectivity index (χ0) is 28.5. The number of amides is 1. The van der Waals surface area contributed by atoms with E-state index in [0.29, 0.717) is 29.1 Å². The number of nitrogens with zero attached hydrogens (tertiary/aromatic N) is 4. The number of fused-ring (bicyclic) bond motifs is 2. The molecular formula is C33H36N4O4. The first-order valence-electron chi connectivity index (χ1n) is 14.1. The van der Waals surface area contributed by atoms with E-state index >= 15 is 0 Å². The Morgan fingerprint density at radius 2 is 1.61 bits per heavy atom. The number of ether oxygens (including phenoxy) is 2. The highest BCUT2D eigenvalue weighted by atomic mass is 16.5. The summed E-state index contributed by atoms with van der Waals surface area (Å²) in [6, 6.07) is 21.7. The molecule has 0 aliphatic carbocycles. The third kappa shape index (κ3) is 5.21. The van der Waals surface area contributed by atoms with E-state index in [2.05, 4.69) is 35.0 Å². The van der Waals surface area contributed by atoms with E-state index < -0.39 is 5.97 Å². The van der Waals surface area contributed by atoms with E-state index in [9.17, 15) is 9.59 Å². The highest BCUT2D eigenvalue weighted by Gasteiger charge is 2.33. The van der Waals surface area contributed by atoms with Crippen molar-refractivity contribution in [3.8, 4) is 11.4 Å². The molecule has 0 saturated carbocycles. The molecule has 0 radical (unpaired) electrons. The molecule has 212 valence electrons. The van der Waals surface area contributed by atoms with Crippen molar-refractivity contribution in [1.29, 1.82) is 0 Å². The molecule has 1 amide bonds. The van der Waals surface area contributed by atoms with Crippen LogP contribution in [0.3, 0.4) is 0 Å². The summed E-state index contributed by atoms with van der Waals surface area (Å²) < 4.78 is 12.6. The summed E-state index contributed by atoms with van der Waals surface area (Å²) in [5.41, 5.74) is 4.98. The Morgan fingerprint density at radius 3 is 2.37 bits per heavy atom. The Morgan fingerprint density at radius 1 is 0.878 bits per heavy atom. The Balaban J connectivity index is 1.43. The molecular weight excluding hydrogens is 516 g/mol. The van der Waals surface area contributed by atoms with Crippen LogP contribution in [0, 0.1) is 0 Å². The molecule has 1 aromatic heterocycles. The molecule has 3 heterocycles. The molecule has 0 spiro atoms. The monoisotopic (exact) mass is 552 g/mol. The predicted molar refractivity (Wildman–Crippen MR) is 159 cm³/mol. The number of piperazine rings is 1. The molecule has 0 unspecified atom stereocenters. The lowest BCUT2D eigenvalue weighted by Gasteiger charge is -2.41. The van der Waals surface area contributed by atoms with Gasteiger partial charge in [-0.25, -0.2) is 4.79 Å². The molecule has 8 heteroatoms. The zero-order valence-electron chi connectivity index (χ0n) is 23.9. The fourth-order valence-corrected chi connectivity index (χ4v) is 6.14. The lowest BCUT2D eigenvalue weighted by molar-refractivity contribution is 0.0535. The van der Waals surface area contributed by atoms with Crippen LogP contribution in [0.2, 0.25) is 0 Å². The Kier molecular flexibility index (Phi) is 7.51. The number of benzene rings is 3. The van der Waals surface area contributed by atoms with Gasteiger partial charge in [0, 0.05) is 63.0 Å². The first kappa shape index (κ1) is 27.1. The number of para-hydroxylation sites is 1. The first-order chi connectivity index (χ1) is 20.0. The van der Waals surface area contributed by atoms with Gasteiger partial charge in [-0.2, -0.15) is 0 Å². The number of carbonyl (C=O) groups is 2. The van der Waals surface area contributed by atoms with Gasteiger partial charge in [-0.1, -0.05) is 42.5 Å². The third-order valence-corrected chi connectivity index (χ3v) is 8.49. The van der Waals surface area contributed by atoms with Crippen LogP contribution in [0.5, 0.6) is 5.75 Å². The quantitative estimate of drug-likeness (QED) is 0.334. The number of rotatable bonds is 6. The fourth-order valence-electron chi connectivity index (χ4n) is 6.14. The maximum Gasteiger partial charge on any atom is 0.340 e. The fraction of sp³-hybridized carbons (Fsp3) is 0.333. The summed E-state index contributed by atoms with van der Waals surface area (Å²) >= 11 is 0.